The van der Waals surface area contributed by atoms with Gasteiger partial charge in [0.2, 0.25) is 11.8 Å². The van der Waals surface area contributed by atoms with Crippen LogP contribution in [0.25, 0.3) is 0 Å². The molecule has 3 rings (SSSR count). The predicted molar refractivity (Wildman–Crippen MR) is 90.0 cm³/mol. The third kappa shape index (κ3) is 4.46. The highest BCUT2D eigenvalue weighted by atomic mass is 16.2. The molecule has 0 bridgehead atoms. The summed E-state index contributed by atoms with van der Waals surface area (Å²) in [5.41, 5.74) is 0. The fourth-order valence-electron chi connectivity index (χ4n) is 4.25. The highest BCUT2D eigenvalue weighted by molar-refractivity contribution is 5.83. The van der Waals surface area contributed by atoms with Gasteiger partial charge in [0.1, 0.15) is 0 Å². The summed E-state index contributed by atoms with van der Waals surface area (Å²) >= 11 is 0. The van der Waals surface area contributed by atoms with Gasteiger partial charge in [0, 0.05) is 32.6 Å². The molecule has 1 saturated carbocycles. The Morgan fingerprint density at radius 2 is 1.57 bits per heavy atom. The molecular formula is C18H31N3O2. The molecule has 0 aromatic carbocycles. The molecule has 3 aliphatic rings. The summed E-state index contributed by atoms with van der Waals surface area (Å²) in [7, 11) is 0. The van der Waals surface area contributed by atoms with Crippen molar-refractivity contribution < 1.29 is 9.59 Å². The van der Waals surface area contributed by atoms with E-state index in [1.54, 1.807) is 0 Å². The zero-order valence-corrected chi connectivity index (χ0v) is 14.3. The molecule has 1 atom stereocenters. The number of amides is 2. The lowest BCUT2D eigenvalue weighted by molar-refractivity contribution is -0.140. The minimum atomic E-state index is 0.0172. The van der Waals surface area contributed by atoms with E-state index in [0.717, 1.165) is 31.7 Å². The van der Waals surface area contributed by atoms with Crippen molar-refractivity contribution in [1.82, 2.24) is 15.1 Å². The maximum atomic E-state index is 12.4. The second-order valence-corrected chi connectivity index (χ2v) is 7.40. The second kappa shape index (κ2) is 8.13. The van der Waals surface area contributed by atoms with E-state index in [2.05, 4.69) is 5.32 Å². The third-order valence-electron chi connectivity index (χ3n) is 5.79. The van der Waals surface area contributed by atoms with Crippen molar-refractivity contribution in [2.75, 3.05) is 32.7 Å². The van der Waals surface area contributed by atoms with Crippen LogP contribution in [0.1, 0.15) is 57.8 Å². The molecule has 2 amide bonds. The summed E-state index contributed by atoms with van der Waals surface area (Å²) in [5, 5.41) is 3.27. The maximum Gasteiger partial charge on any atom is 0.239 e. The smallest absolute Gasteiger partial charge is 0.239 e. The molecule has 0 radical (unpaired) electrons. The summed E-state index contributed by atoms with van der Waals surface area (Å²) in [6.45, 7) is 3.78. The molecule has 130 valence electrons. The summed E-state index contributed by atoms with van der Waals surface area (Å²) in [4.78, 5) is 28.7. The van der Waals surface area contributed by atoms with E-state index in [1.807, 2.05) is 9.80 Å². The van der Waals surface area contributed by atoms with Gasteiger partial charge in [0.25, 0.3) is 0 Å². The van der Waals surface area contributed by atoms with Crippen LogP contribution < -0.4 is 5.32 Å². The van der Waals surface area contributed by atoms with Crippen LogP contribution in [0.15, 0.2) is 0 Å². The Labute approximate surface area is 139 Å². The molecule has 2 aliphatic heterocycles. The Bertz CT molecular complexity index is 406. The molecule has 5 nitrogen and oxygen atoms in total. The fourth-order valence-corrected chi connectivity index (χ4v) is 4.25. The van der Waals surface area contributed by atoms with E-state index in [-0.39, 0.29) is 11.9 Å². The first kappa shape index (κ1) is 16.7. The van der Waals surface area contributed by atoms with Gasteiger partial charge in [0.15, 0.2) is 0 Å². The molecule has 1 unspecified atom stereocenters. The van der Waals surface area contributed by atoms with Crippen LogP contribution in [0.3, 0.4) is 0 Å². The standard InChI is InChI=1S/C18H31N3O2/c22-17(9-8-15-5-2-1-3-6-15)20-11-13-21(14-12-20)18(23)16-7-4-10-19-16/h15-16,19H,1-14H2. The van der Waals surface area contributed by atoms with E-state index in [1.165, 1.54) is 32.1 Å². The number of nitrogens with zero attached hydrogens (tertiary/aromatic N) is 2. The monoisotopic (exact) mass is 321 g/mol. The van der Waals surface area contributed by atoms with Crippen LogP contribution in [0.2, 0.25) is 0 Å². The fraction of sp³-hybridized carbons (Fsp3) is 0.889. The zero-order valence-electron chi connectivity index (χ0n) is 14.3. The van der Waals surface area contributed by atoms with Gasteiger partial charge in [-0.1, -0.05) is 32.1 Å². The van der Waals surface area contributed by atoms with E-state index < -0.39 is 0 Å². The average Bonchev–Trinajstić information content (AvgIpc) is 3.15. The maximum absolute atomic E-state index is 12.4. The number of rotatable bonds is 4. The van der Waals surface area contributed by atoms with Gasteiger partial charge in [0.05, 0.1) is 6.04 Å². The molecule has 1 N–H and O–H groups in total. The highest BCUT2D eigenvalue weighted by Crippen LogP contribution is 2.27. The van der Waals surface area contributed by atoms with Crippen LogP contribution in [0, 0.1) is 5.92 Å². The van der Waals surface area contributed by atoms with Crippen LogP contribution in [-0.4, -0.2) is 60.4 Å². The topological polar surface area (TPSA) is 52.7 Å². The van der Waals surface area contributed by atoms with Crippen molar-refractivity contribution in [3.8, 4) is 0 Å². The number of nitrogens with one attached hydrogen (secondary N) is 1. The Morgan fingerprint density at radius 3 is 2.22 bits per heavy atom. The Morgan fingerprint density at radius 1 is 0.870 bits per heavy atom. The van der Waals surface area contributed by atoms with Gasteiger partial charge in [-0.25, -0.2) is 0 Å². The van der Waals surface area contributed by atoms with E-state index >= 15 is 0 Å². The Kier molecular flexibility index (Phi) is 5.92. The largest absolute Gasteiger partial charge is 0.339 e. The summed E-state index contributed by atoms with van der Waals surface area (Å²) in [6.07, 6.45) is 10.5. The van der Waals surface area contributed by atoms with Gasteiger partial charge >= 0.3 is 0 Å². The van der Waals surface area contributed by atoms with E-state index in [0.29, 0.717) is 38.5 Å². The lowest BCUT2D eigenvalue weighted by atomic mass is 9.86. The average molecular weight is 321 g/mol. The zero-order chi connectivity index (χ0) is 16.1. The molecular weight excluding hydrogens is 290 g/mol. The van der Waals surface area contributed by atoms with Crippen molar-refractivity contribution in [3.05, 3.63) is 0 Å². The van der Waals surface area contributed by atoms with Crippen LogP contribution >= 0.6 is 0 Å². The minimum absolute atomic E-state index is 0.0172. The number of piperazine rings is 1. The molecule has 2 heterocycles. The van der Waals surface area contributed by atoms with Gasteiger partial charge in [-0.05, 0) is 31.7 Å². The summed E-state index contributed by atoms with van der Waals surface area (Å²) < 4.78 is 0. The molecule has 0 aromatic rings. The van der Waals surface area contributed by atoms with Crippen LogP contribution in [0.5, 0.6) is 0 Å². The van der Waals surface area contributed by atoms with Crippen molar-refractivity contribution in [2.45, 2.75) is 63.8 Å². The summed E-state index contributed by atoms with van der Waals surface area (Å²) in [6, 6.07) is 0.0172. The minimum Gasteiger partial charge on any atom is -0.339 e. The first-order valence-electron chi connectivity index (χ1n) is 9.54. The van der Waals surface area contributed by atoms with Gasteiger partial charge < -0.3 is 15.1 Å². The number of hydrogen-bond donors (Lipinski definition) is 1. The SMILES string of the molecule is O=C(CCC1CCCCC1)N1CCN(C(=O)C2CCCN2)CC1. The molecule has 2 saturated heterocycles. The molecule has 0 spiro atoms. The normalized spacial score (nSPS) is 26.5. The van der Waals surface area contributed by atoms with Crippen molar-refractivity contribution in [3.63, 3.8) is 0 Å². The third-order valence-corrected chi connectivity index (χ3v) is 5.79. The van der Waals surface area contributed by atoms with Crippen LogP contribution in [0.4, 0.5) is 0 Å². The number of hydrogen-bond acceptors (Lipinski definition) is 3. The molecule has 0 aromatic heterocycles. The lowest BCUT2D eigenvalue weighted by Gasteiger charge is -2.36. The Balaban J connectivity index is 1.37. The number of carbonyl (C=O) groups excluding carboxylic acids is 2. The lowest BCUT2D eigenvalue weighted by Crippen LogP contribution is -2.54. The Hall–Kier alpha value is -1.10. The van der Waals surface area contributed by atoms with E-state index in [4.69, 9.17) is 0 Å². The molecule has 3 fully saturated rings. The molecule has 23 heavy (non-hydrogen) atoms. The number of carbonyl (C=O) groups is 2. The van der Waals surface area contributed by atoms with Gasteiger partial charge in [-0.3, -0.25) is 9.59 Å². The van der Waals surface area contributed by atoms with Crippen LogP contribution in [-0.2, 0) is 9.59 Å². The second-order valence-electron chi connectivity index (χ2n) is 7.40. The van der Waals surface area contributed by atoms with Crippen molar-refractivity contribution >= 4 is 11.8 Å². The predicted octanol–water partition coefficient (Wildman–Crippen LogP) is 1.77. The van der Waals surface area contributed by atoms with E-state index in [9.17, 15) is 9.59 Å². The van der Waals surface area contributed by atoms with Crippen molar-refractivity contribution in [1.29, 1.82) is 0 Å². The quantitative estimate of drug-likeness (QED) is 0.858. The first-order valence-corrected chi connectivity index (χ1v) is 9.54. The van der Waals surface area contributed by atoms with Crippen molar-refractivity contribution in [2.24, 2.45) is 5.92 Å². The van der Waals surface area contributed by atoms with Gasteiger partial charge in [-0.15, -0.1) is 0 Å². The van der Waals surface area contributed by atoms with Gasteiger partial charge in [-0.2, -0.15) is 0 Å². The summed E-state index contributed by atoms with van der Waals surface area (Å²) in [5.74, 6) is 1.29. The first-order chi connectivity index (χ1) is 11.2. The molecule has 1 aliphatic carbocycles. The molecule has 5 heteroatoms. The highest BCUT2D eigenvalue weighted by Gasteiger charge is 2.30.